The quantitative estimate of drug-likeness (QED) is 0.742. The van der Waals surface area contributed by atoms with Crippen LogP contribution in [0.5, 0.6) is 0 Å². The Hall–Kier alpha value is -1.71. The number of nitrogens with one attached hydrogen (secondary N) is 2. The normalized spacial score (nSPS) is 10.8. The van der Waals surface area contributed by atoms with Crippen molar-refractivity contribution in [2.75, 3.05) is 0 Å². The summed E-state index contributed by atoms with van der Waals surface area (Å²) in [6, 6.07) is 7.38. The fourth-order valence-electron chi connectivity index (χ4n) is 1.95. The average Bonchev–Trinajstić information content (AvgIpc) is 3.04. The zero-order valence-corrected chi connectivity index (χ0v) is 11.5. The van der Waals surface area contributed by atoms with Crippen LogP contribution in [0.3, 0.4) is 0 Å². The van der Waals surface area contributed by atoms with Crippen molar-refractivity contribution in [1.82, 2.24) is 15.0 Å². The van der Waals surface area contributed by atoms with Crippen molar-refractivity contribution in [3.05, 3.63) is 64.3 Å². The van der Waals surface area contributed by atoms with Crippen molar-refractivity contribution < 1.29 is 0 Å². The fraction of sp³-hybridized carbons (Fsp3) is 0.0714. The van der Waals surface area contributed by atoms with Crippen LogP contribution in [0, 0.1) is 0 Å². The van der Waals surface area contributed by atoms with E-state index in [4.69, 9.17) is 23.2 Å². The standard InChI is InChI=1S/C14H11Cl2N3/c15-10-1-2-12(16)11(6-10)13-8-18-14(19-13)5-9-3-4-17-7-9/h1-4,6-8,17H,5H2,(H,18,19). The van der Waals surface area contributed by atoms with Crippen LogP contribution in [0.4, 0.5) is 0 Å². The summed E-state index contributed by atoms with van der Waals surface area (Å²) in [7, 11) is 0. The molecule has 5 heteroatoms. The molecule has 1 aromatic carbocycles. The molecular formula is C14H11Cl2N3. The molecule has 0 atom stereocenters. The molecule has 0 radical (unpaired) electrons. The molecule has 2 N–H and O–H groups in total. The van der Waals surface area contributed by atoms with Crippen LogP contribution in [-0.2, 0) is 6.42 Å². The molecule has 0 spiro atoms. The van der Waals surface area contributed by atoms with E-state index >= 15 is 0 Å². The summed E-state index contributed by atoms with van der Waals surface area (Å²) in [5.74, 6) is 0.894. The molecule has 3 aromatic rings. The first kappa shape index (κ1) is 12.3. The summed E-state index contributed by atoms with van der Waals surface area (Å²) in [6.45, 7) is 0. The van der Waals surface area contributed by atoms with Crippen molar-refractivity contribution >= 4 is 23.2 Å². The Morgan fingerprint density at radius 3 is 2.79 bits per heavy atom. The van der Waals surface area contributed by atoms with E-state index in [0.29, 0.717) is 10.0 Å². The van der Waals surface area contributed by atoms with Crippen molar-refractivity contribution in [3.8, 4) is 11.3 Å². The lowest BCUT2D eigenvalue weighted by Gasteiger charge is -2.00. The zero-order valence-electron chi connectivity index (χ0n) is 9.95. The van der Waals surface area contributed by atoms with Gasteiger partial charge in [0, 0.05) is 35.6 Å². The number of halogens is 2. The molecule has 0 aliphatic rings. The Labute approximate surface area is 120 Å². The van der Waals surface area contributed by atoms with Crippen molar-refractivity contribution in [2.24, 2.45) is 0 Å². The third-order valence-corrected chi connectivity index (χ3v) is 3.43. The van der Waals surface area contributed by atoms with Gasteiger partial charge in [0.1, 0.15) is 5.82 Å². The number of aromatic nitrogens is 3. The van der Waals surface area contributed by atoms with Crippen LogP contribution >= 0.6 is 23.2 Å². The molecular weight excluding hydrogens is 281 g/mol. The number of benzene rings is 1. The van der Waals surface area contributed by atoms with E-state index in [1.807, 2.05) is 30.7 Å². The van der Waals surface area contributed by atoms with Crippen molar-refractivity contribution in [1.29, 1.82) is 0 Å². The van der Waals surface area contributed by atoms with Gasteiger partial charge in [-0.2, -0.15) is 0 Å². The Morgan fingerprint density at radius 1 is 1.11 bits per heavy atom. The highest BCUT2D eigenvalue weighted by Crippen LogP contribution is 2.29. The van der Waals surface area contributed by atoms with E-state index in [2.05, 4.69) is 15.0 Å². The molecule has 0 saturated heterocycles. The average molecular weight is 292 g/mol. The third-order valence-electron chi connectivity index (χ3n) is 2.87. The number of hydrogen-bond acceptors (Lipinski definition) is 1. The topological polar surface area (TPSA) is 44.5 Å². The van der Waals surface area contributed by atoms with Gasteiger partial charge in [0.05, 0.1) is 10.7 Å². The first-order valence-electron chi connectivity index (χ1n) is 5.84. The van der Waals surface area contributed by atoms with Gasteiger partial charge < -0.3 is 9.97 Å². The van der Waals surface area contributed by atoms with Gasteiger partial charge >= 0.3 is 0 Å². The first-order valence-corrected chi connectivity index (χ1v) is 6.59. The molecule has 96 valence electrons. The van der Waals surface area contributed by atoms with E-state index in [-0.39, 0.29) is 0 Å². The fourth-order valence-corrected chi connectivity index (χ4v) is 2.33. The van der Waals surface area contributed by atoms with E-state index in [0.717, 1.165) is 23.5 Å². The number of hydrogen-bond donors (Lipinski definition) is 2. The van der Waals surface area contributed by atoms with Crippen LogP contribution in [0.25, 0.3) is 11.3 Å². The molecule has 0 aliphatic heterocycles. The number of imidazole rings is 1. The van der Waals surface area contributed by atoms with Crippen LogP contribution in [0.15, 0.2) is 42.9 Å². The number of rotatable bonds is 3. The molecule has 0 fully saturated rings. The molecule has 0 unspecified atom stereocenters. The van der Waals surface area contributed by atoms with Gasteiger partial charge in [0.15, 0.2) is 0 Å². The monoisotopic (exact) mass is 291 g/mol. The van der Waals surface area contributed by atoms with Crippen LogP contribution in [0.1, 0.15) is 11.4 Å². The van der Waals surface area contributed by atoms with E-state index < -0.39 is 0 Å². The second-order valence-electron chi connectivity index (χ2n) is 4.25. The number of aromatic amines is 2. The molecule has 3 nitrogen and oxygen atoms in total. The summed E-state index contributed by atoms with van der Waals surface area (Å²) >= 11 is 12.2. The maximum atomic E-state index is 6.17. The van der Waals surface area contributed by atoms with Gasteiger partial charge in [-0.25, -0.2) is 4.98 Å². The molecule has 0 aliphatic carbocycles. The van der Waals surface area contributed by atoms with E-state index in [1.165, 1.54) is 5.56 Å². The summed E-state index contributed by atoms with van der Waals surface area (Å²) in [5, 5.41) is 1.29. The molecule has 0 amide bonds. The largest absolute Gasteiger partial charge is 0.367 e. The minimum atomic E-state index is 0.643. The predicted molar refractivity (Wildman–Crippen MR) is 77.6 cm³/mol. The van der Waals surface area contributed by atoms with Crippen LogP contribution in [-0.4, -0.2) is 15.0 Å². The van der Waals surface area contributed by atoms with Gasteiger partial charge in [0.25, 0.3) is 0 Å². The molecule has 0 saturated carbocycles. The van der Waals surface area contributed by atoms with E-state index in [1.54, 1.807) is 12.1 Å². The second-order valence-corrected chi connectivity index (χ2v) is 5.10. The minimum Gasteiger partial charge on any atom is -0.367 e. The molecule has 3 rings (SSSR count). The van der Waals surface area contributed by atoms with Gasteiger partial charge in [-0.05, 0) is 29.8 Å². The van der Waals surface area contributed by atoms with Gasteiger partial charge in [-0.3, -0.25) is 0 Å². The maximum absolute atomic E-state index is 6.17. The Bertz CT molecular complexity index is 687. The van der Waals surface area contributed by atoms with Crippen LogP contribution in [0.2, 0.25) is 10.0 Å². The summed E-state index contributed by atoms with van der Waals surface area (Å²) in [4.78, 5) is 10.7. The number of H-pyrrole nitrogens is 2. The van der Waals surface area contributed by atoms with E-state index in [9.17, 15) is 0 Å². The smallest absolute Gasteiger partial charge is 0.111 e. The van der Waals surface area contributed by atoms with Gasteiger partial charge in [0.2, 0.25) is 0 Å². The van der Waals surface area contributed by atoms with Crippen molar-refractivity contribution in [2.45, 2.75) is 6.42 Å². The third kappa shape index (κ3) is 2.67. The lowest BCUT2D eigenvalue weighted by atomic mass is 10.2. The predicted octanol–water partition coefficient (Wildman–Crippen LogP) is 4.30. The lowest BCUT2D eigenvalue weighted by molar-refractivity contribution is 1.03. The van der Waals surface area contributed by atoms with Gasteiger partial charge in [-0.1, -0.05) is 23.2 Å². The van der Waals surface area contributed by atoms with Crippen molar-refractivity contribution in [3.63, 3.8) is 0 Å². The van der Waals surface area contributed by atoms with Gasteiger partial charge in [-0.15, -0.1) is 0 Å². The summed E-state index contributed by atoms with van der Waals surface area (Å²) < 4.78 is 0. The highest BCUT2D eigenvalue weighted by atomic mass is 35.5. The van der Waals surface area contributed by atoms with Crippen LogP contribution < -0.4 is 0 Å². The Morgan fingerprint density at radius 2 is 2.00 bits per heavy atom. The zero-order chi connectivity index (χ0) is 13.2. The summed E-state index contributed by atoms with van der Waals surface area (Å²) in [6.07, 6.45) is 6.45. The highest BCUT2D eigenvalue weighted by Gasteiger charge is 2.09. The first-order chi connectivity index (χ1) is 9.22. The highest BCUT2D eigenvalue weighted by molar-refractivity contribution is 6.35. The molecule has 0 bridgehead atoms. The molecule has 19 heavy (non-hydrogen) atoms. The SMILES string of the molecule is Clc1ccc(Cl)c(-c2c[nH]c(Cc3cc[nH]c3)n2)c1. The Balaban J connectivity index is 1.90. The Kier molecular flexibility index (Phi) is 3.32. The minimum absolute atomic E-state index is 0.643. The summed E-state index contributed by atoms with van der Waals surface area (Å²) in [5.41, 5.74) is 2.82. The lowest BCUT2D eigenvalue weighted by Crippen LogP contribution is -1.88. The molecule has 2 aromatic heterocycles. The molecule has 2 heterocycles. The maximum Gasteiger partial charge on any atom is 0.111 e. The second kappa shape index (κ2) is 5.11. The number of nitrogens with zero attached hydrogens (tertiary/aromatic N) is 1.